The van der Waals surface area contributed by atoms with Crippen molar-refractivity contribution in [3.05, 3.63) is 130 Å². The van der Waals surface area contributed by atoms with Crippen molar-refractivity contribution in [1.82, 2.24) is 4.98 Å². The van der Waals surface area contributed by atoms with Crippen LogP contribution in [0.15, 0.2) is 102 Å². The fourth-order valence-electron chi connectivity index (χ4n) is 6.02. The Bertz CT molecular complexity index is 1490. The first kappa shape index (κ1) is 28.0. The third-order valence-corrected chi connectivity index (χ3v) is 9.29. The van der Waals surface area contributed by atoms with Crippen LogP contribution in [0.1, 0.15) is 59.4 Å². The first-order valence-electron chi connectivity index (χ1n) is 14.0. The van der Waals surface area contributed by atoms with Gasteiger partial charge in [-0.1, -0.05) is 90.5 Å². The highest BCUT2D eigenvalue weighted by Gasteiger charge is 2.52. The zero-order chi connectivity index (χ0) is 28.4. The third kappa shape index (κ3) is 5.82. The minimum absolute atomic E-state index is 0.165. The molecular formula is C35H34ClNO3S. The summed E-state index contributed by atoms with van der Waals surface area (Å²) >= 11 is 8.32. The van der Waals surface area contributed by atoms with E-state index in [9.17, 15) is 0 Å². The number of ether oxygens (including phenoxy) is 3. The largest absolute Gasteiger partial charge is 0.481 e. The van der Waals surface area contributed by atoms with Crippen molar-refractivity contribution in [2.75, 3.05) is 13.4 Å². The maximum Gasteiger partial charge on any atom is 0.216 e. The fraction of sp³-hybridized carbons (Fsp3) is 0.286. The molecule has 3 atom stereocenters. The van der Waals surface area contributed by atoms with Crippen molar-refractivity contribution in [2.24, 2.45) is 5.92 Å². The predicted molar refractivity (Wildman–Crippen MR) is 166 cm³/mol. The Morgan fingerprint density at radius 1 is 0.951 bits per heavy atom. The summed E-state index contributed by atoms with van der Waals surface area (Å²) in [5.74, 6) is 0.220. The predicted octanol–water partition coefficient (Wildman–Crippen LogP) is 9.23. The van der Waals surface area contributed by atoms with Gasteiger partial charge >= 0.3 is 0 Å². The van der Waals surface area contributed by atoms with Crippen LogP contribution in [0.2, 0.25) is 5.02 Å². The molecule has 0 N–H and O–H groups in total. The Morgan fingerprint density at radius 2 is 1.61 bits per heavy atom. The van der Waals surface area contributed by atoms with E-state index in [-0.39, 0.29) is 18.1 Å². The quantitative estimate of drug-likeness (QED) is 0.203. The topological polar surface area (TPSA) is 40.6 Å². The number of methoxy groups -OCH3 is 1. The Balaban J connectivity index is 1.35. The summed E-state index contributed by atoms with van der Waals surface area (Å²) in [5.41, 5.74) is 6.20. The molecule has 210 valence electrons. The summed E-state index contributed by atoms with van der Waals surface area (Å²) in [6.45, 7) is 2.00. The van der Waals surface area contributed by atoms with Gasteiger partial charge in [0.2, 0.25) is 5.88 Å². The molecule has 1 spiro atoms. The van der Waals surface area contributed by atoms with E-state index in [1.54, 1.807) is 18.9 Å². The van der Waals surface area contributed by atoms with Crippen LogP contribution in [0.3, 0.4) is 0 Å². The minimum Gasteiger partial charge on any atom is -0.481 e. The highest BCUT2D eigenvalue weighted by molar-refractivity contribution is 7.98. The molecular weight excluding hydrogens is 550 g/mol. The summed E-state index contributed by atoms with van der Waals surface area (Å²) in [6.07, 6.45) is 6.58. The summed E-state index contributed by atoms with van der Waals surface area (Å²) in [6, 6.07) is 31.2. The zero-order valence-corrected chi connectivity index (χ0v) is 25.1. The summed E-state index contributed by atoms with van der Waals surface area (Å²) in [7, 11) is 1.66. The Kier molecular flexibility index (Phi) is 8.23. The average Bonchev–Trinajstić information content (AvgIpc) is 3.59. The maximum absolute atomic E-state index is 6.88. The summed E-state index contributed by atoms with van der Waals surface area (Å²) in [4.78, 5) is 5.92. The van der Waals surface area contributed by atoms with Crippen molar-refractivity contribution in [1.29, 1.82) is 0 Å². The van der Waals surface area contributed by atoms with E-state index >= 15 is 0 Å². The first-order chi connectivity index (χ1) is 20.0. The number of pyridine rings is 1. The van der Waals surface area contributed by atoms with Crippen LogP contribution in [-0.2, 0) is 9.47 Å². The van der Waals surface area contributed by atoms with Gasteiger partial charge in [-0.25, -0.2) is 4.98 Å². The lowest BCUT2D eigenvalue weighted by Crippen LogP contribution is -2.26. The summed E-state index contributed by atoms with van der Waals surface area (Å²) in [5, 5.41) is 0.738. The molecule has 1 saturated heterocycles. The molecule has 0 amide bonds. The van der Waals surface area contributed by atoms with Gasteiger partial charge in [-0.15, -0.1) is 11.8 Å². The SMILES string of the molecule is COc1nc(/C(=C\[C@H]2CCC3(C2)O[C@H](c2ccccc2)[C@@H](c2ccccc2)O3)c2ccc(SC)c(Cl)c2)ccc1C. The molecule has 6 rings (SSSR count). The maximum atomic E-state index is 6.88. The van der Waals surface area contributed by atoms with Gasteiger partial charge in [-0.2, -0.15) is 0 Å². The van der Waals surface area contributed by atoms with E-state index in [4.69, 9.17) is 30.8 Å². The molecule has 41 heavy (non-hydrogen) atoms. The van der Waals surface area contributed by atoms with Crippen molar-refractivity contribution < 1.29 is 14.2 Å². The number of nitrogens with zero attached hydrogens (tertiary/aromatic N) is 1. The zero-order valence-electron chi connectivity index (χ0n) is 23.5. The van der Waals surface area contributed by atoms with Crippen LogP contribution in [0.25, 0.3) is 5.57 Å². The molecule has 6 heteroatoms. The van der Waals surface area contributed by atoms with Crippen LogP contribution < -0.4 is 4.74 Å². The van der Waals surface area contributed by atoms with Crippen molar-refractivity contribution in [3.63, 3.8) is 0 Å². The van der Waals surface area contributed by atoms with Gasteiger partial charge in [-0.05, 0) is 60.4 Å². The van der Waals surface area contributed by atoms with Gasteiger partial charge in [-0.3, -0.25) is 0 Å². The molecule has 2 fully saturated rings. The number of aromatic nitrogens is 1. The Hall–Kier alpha value is -3.09. The molecule has 3 aromatic carbocycles. The van der Waals surface area contributed by atoms with Gasteiger partial charge in [0.15, 0.2) is 5.79 Å². The third-order valence-electron chi connectivity index (χ3n) is 8.07. The number of rotatable bonds is 7. The van der Waals surface area contributed by atoms with E-state index < -0.39 is 5.79 Å². The van der Waals surface area contributed by atoms with Crippen LogP contribution >= 0.6 is 23.4 Å². The van der Waals surface area contributed by atoms with E-state index in [0.29, 0.717) is 5.88 Å². The highest BCUT2D eigenvalue weighted by atomic mass is 35.5. The second-order valence-electron chi connectivity index (χ2n) is 10.8. The molecule has 1 aliphatic carbocycles. The van der Waals surface area contributed by atoms with Gasteiger partial charge in [0.05, 0.1) is 17.8 Å². The highest BCUT2D eigenvalue weighted by Crippen LogP contribution is 2.54. The molecule has 4 aromatic rings. The average molecular weight is 584 g/mol. The minimum atomic E-state index is -0.647. The van der Waals surface area contributed by atoms with Crippen LogP contribution in [0.4, 0.5) is 0 Å². The van der Waals surface area contributed by atoms with E-state index in [2.05, 4.69) is 78.9 Å². The second-order valence-corrected chi connectivity index (χ2v) is 12.0. The smallest absolute Gasteiger partial charge is 0.216 e. The van der Waals surface area contributed by atoms with Crippen molar-refractivity contribution in [3.8, 4) is 5.88 Å². The number of benzene rings is 3. The molecule has 2 aliphatic rings. The molecule has 1 aromatic heterocycles. The van der Waals surface area contributed by atoms with Gasteiger partial charge in [0.1, 0.15) is 12.2 Å². The second kappa shape index (κ2) is 12.0. The molecule has 0 unspecified atom stereocenters. The van der Waals surface area contributed by atoms with Gasteiger partial charge < -0.3 is 14.2 Å². The van der Waals surface area contributed by atoms with E-state index in [1.165, 1.54) is 0 Å². The molecule has 1 saturated carbocycles. The number of allylic oxidation sites excluding steroid dienone is 1. The number of halogens is 1. The monoisotopic (exact) mass is 583 g/mol. The number of thioether (sulfide) groups is 1. The number of hydrogen-bond acceptors (Lipinski definition) is 5. The molecule has 2 heterocycles. The number of hydrogen-bond donors (Lipinski definition) is 0. The molecule has 0 radical (unpaired) electrons. The summed E-state index contributed by atoms with van der Waals surface area (Å²) < 4.78 is 19.3. The van der Waals surface area contributed by atoms with Gasteiger partial charge in [0, 0.05) is 28.9 Å². The fourth-order valence-corrected chi connectivity index (χ4v) is 6.89. The van der Waals surface area contributed by atoms with Crippen LogP contribution in [0, 0.1) is 12.8 Å². The molecule has 4 nitrogen and oxygen atoms in total. The lowest BCUT2D eigenvalue weighted by molar-refractivity contribution is -0.171. The normalized spacial score (nSPS) is 21.9. The lowest BCUT2D eigenvalue weighted by atomic mass is 9.95. The molecule has 0 bridgehead atoms. The van der Waals surface area contributed by atoms with Crippen molar-refractivity contribution in [2.45, 2.75) is 49.1 Å². The first-order valence-corrected chi connectivity index (χ1v) is 15.6. The van der Waals surface area contributed by atoms with E-state index in [1.807, 2.05) is 31.4 Å². The Labute approximate surface area is 251 Å². The Morgan fingerprint density at radius 3 is 2.20 bits per heavy atom. The van der Waals surface area contributed by atoms with Crippen molar-refractivity contribution >= 4 is 28.9 Å². The lowest BCUT2D eigenvalue weighted by Gasteiger charge is -2.23. The standard InChI is InChI=1S/C35H34ClNO3S/c1-23-14-16-30(37-34(23)38-2)28(27-15-17-31(41-3)29(36)21-27)20-24-18-19-35(22-24)39-32(25-10-6-4-7-11-25)33(40-35)26-12-8-5-9-13-26/h4-17,20-21,24,32-33H,18-19,22H2,1-3H3/b28-20-/t24-,32-,33-/m1/s1. The molecule has 1 aliphatic heterocycles. The van der Waals surface area contributed by atoms with Crippen LogP contribution in [0.5, 0.6) is 5.88 Å². The van der Waals surface area contributed by atoms with Crippen LogP contribution in [-0.4, -0.2) is 24.1 Å². The number of aryl methyl sites for hydroxylation is 1. The van der Waals surface area contributed by atoms with E-state index in [0.717, 1.165) is 62.7 Å². The van der Waals surface area contributed by atoms with Gasteiger partial charge in [0.25, 0.3) is 0 Å².